The molecule has 1 aromatic rings. The van der Waals surface area contributed by atoms with E-state index in [1.54, 1.807) is 0 Å². The third kappa shape index (κ3) is 5.27. The molecule has 0 atom stereocenters. The van der Waals surface area contributed by atoms with Crippen LogP contribution in [0.1, 0.15) is 19.5 Å². The fourth-order valence-corrected chi connectivity index (χ4v) is 2.57. The lowest BCUT2D eigenvalue weighted by molar-refractivity contribution is -0.118. The Bertz CT molecular complexity index is 554. The molecular weight excluding hydrogens is 302 g/mol. The number of anilines is 1. The molecule has 0 bridgehead atoms. The number of nitrogens with zero attached hydrogens (tertiary/aromatic N) is 4. The Kier molecular flexibility index (Phi) is 6.14. The summed E-state index contributed by atoms with van der Waals surface area (Å²) in [7, 11) is 0. The summed E-state index contributed by atoms with van der Waals surface area (Å²) in [4.78, 5) is 22.7. The van der Waals surface area contributed by atoms with Crippen molar-refractivity contribution in [3.8, 4) is 0 Å². The number of carbonyl (C=O) groups excluding carboxylic acids is 1. The Morgan fingerprint density at radius 3 is 2.82 bits per heavy atom. The fraction of sp³-hybridized carbons (Fsp3) is 0.571. The van der Waals surface area contributed by atoms with Crippen LogP contribution in [0.5, 0.6) is 0 Å². The van der Waals surface area contributed by atoms with Gasteiger partial charge in [0.2, 0.25) is 0 Å². The summed E-state index contributed by atoms with van der Waals surface area (Å²) in [6.45, 7) is 8.65. The van der Waals surface area contributed by atoms with Gasteiger partial charge in [0.25, 0.3) is 5.91 Å². The second-order valence-corrected chi connectivity index (χ2v) is 6.07. The second kappa shape index (κ2) is 8.09. The summed E-state index contributed by atoms with van der Waals surface area (Å²) < 4.78 is 5.35. The number of hydrogen-bond acceptors (Lipinski definition) is 7. The van der Waals surface area contributed by atoms with Crippen molar-refractivity contribution in [1.29, 1.82) is 0 Å². The summed E-state index contributed by atoms with van der Waals surface area (Å²) in [5.41, 5.74) is 4.19. The summed E-state index contributed by atoms with van der Waals surface area (Å²) in [6, 6.07) is 1.96. The van der Waals surface area contributed by atoms with Crippen molar-refractivity contribution < 1.29 is 9.53 Å². The zero-order valence-electron chi connectivity index (χ0n) is 13.1. The first-order valence-electron chi connectivity index (χ1n) is 7.15. The van der Waals surface area contributed by atoms with Crippen LogP contribution in [0, 0.1) is 6.92 Å². The highest BCUT2D eigenvalue weighted by atomic mass is 32.2. The van der Waals surface area contributed by atoms with E-state index in [9.17, 15) is 4.79 Å². The van der Waals surface area contributed by atoms with Crippen LogP contribution < -0.4 is 10.3 Å². The van der Waals surface area contributed by atoms with E-state index in [0.29, 0.717) is 18.4 Å². The first-order valence-corrected chi connectivity index (χ1v) is 8.14. The van der Waals surface area contributed by atoms with Gasteiger partial charge in [-0.25, -0.2) is 15.4 Å². The van der Waals surface area contributed by atoms with Crippen LogP contribution in [-0.2, 0) is 9.53 Å². The molecule has 1 saturated heterocycles. The van der Waals surface area contributed by atoms with Gasteiger partial charge < -0.3 is 9.64 Å². The number of thioether (sulfide) groups is 1. The molecule has 1 aromatic heterocycles. The lowest BCUT2D eigenvalue weighted by Crippen LogP contribution is -2.36. The number of morpholine rings is 1. The van der Waals surface area contributed by atoms with Crippen molar-refractivity contribution in [1.82, 2.24) is 15.4 Å². The topological polar surface area (TPSA) is 79.7 Å². The predicted molar refractivity (Wildman–Crippen MR) is 87.5 cm³/mol. The molecule has 2 rings (SSSR count). The number of nitrogens with one attached hydrogen (secondary N) is 1. The van der Waals surface area contributed by atoms with Gasteiger partial charge in [-0.05, 0) is 20.8 Å². The van der Waals surface area contributed by atoms with Crippen molar-refractivity contribution in [3.63, 3.8) is 0 Å². The Hall–Kier alpha value is -1.67. The number of rotatable bonds is 5. The molecule has 0 radical (unpaired) electrons. The van der Waals surface area contributed by atoms with E-state index >= 15 is 0 Å². The van der Waals surface area contributed by atoms with Crippen molar-refractivity contribution in [2.24, 2.45) is 5.10 Å². The van der Waals surface area contributed by atoms with Gasteiger partial charge in [-0.1, -0.05) is 11.8 Å². The van der Waals surface area contributed by atoms with E-state index in [1.165, 1.54) is 11.8 Å². The average Bonchev–Trinajstić information content (AvgIpc) is 2.51. The third-order valence-corrected chi connectivity index (χ3v) is 3.74. The molecule has 0 aliphatic carbocycles. The quantitative estimate of drug-likeness (QED) is 0.380. The Morgan fingerprint density at radius 2 is 2.14 bits per heavy atom. The zero-order valence-corrected chi connectivity index (χ0v) is 13.9. The average molecular weight is 323 g/mol. The minimum atomic E-state index is -0.163. The molecule has 1 aliphatic rings. The number of aromatic nitrogens is 2. The van der Waals surface area contributed by atoms with Crippen LogP contribution in [0.3, 0.4) is 0 Å². The summed E-state index contributed by atoms with van der Waals surface area (Å²) in [5.74, 6) is 0.966. The largest absolute Gasteiger partial charge is 0.378 e. The molecule has 0 spiro atoms. The molecule has 0 saturated carbocycles. The first kappa shape index (κ1) is 16.7. The van der Waals surface area contributed by atoms with E-state index in [-0.39, 0.29) is 11.7 Å². The smallest absolute Gasteiger partial charge is 0.250 e. The highest BCUT2D eigenvalue weighted by Gasteiger charge is 2.14. The Morgan fingerprint density at radius 1 is 1.41 bits per heavy atom. The van der Waals surface area contributed by atoms with Crippen LogP contribution in [0.4, 0.5) is 5.82 Å². The maximum Gasteiger partial charge on any atom is 0.250 e. The van der Waals surface area contributed by atoms with E-state index in [2.05, 4.69) is 25.4 Å². The van der Waals surface area contributed by atoms with Crippen LogP contribution in [0.2, 0.25) is 0 Å². The van der Waals surface area contributed by atoms with Gasteiger partial charge >= 0.3 is 0 Å². The molecule has 1 amide bonds. The number of ether oxygens (including phenoxy) is 1. The van der Waals surface area contributed by atoms with Gasteiger partial charge in [-0.2, -0.15) is 5.10 Å². The Labute approximate surface area is 134 Å². The molecule has 7 nitrogen and oxygen atoms in total. The molecular formula is C14H21N5O2S. The lowest BCUT2D eigenvalue weighted by Gasteiger charge is -2.28. The molecule has 1 fully saturated rings. The van der Waals surface area contributed by atoms with Gasteiger partial charge in [0.15, 0.2) is 5.16 Å². The number of amides is 1. The SMILES string of the molecule is CC(C)=NNC(=O)CSc1nc(C)cc(N2CCOCC2)n1. The highest BCUT2D eigenvalue weighted by molar-refractivity contribution is 7.99. The summed E-state index contributed by atoms with van der Waals surface area (Å²) in [6.07, 6.45) is 0. The third-order valence-electron chi connectivity index (χ3n) is 2.89. The van der Waals surface area contributed by atoms with E-state index in [0.717, 1.165) is 30.3 Å². The molecule has 0 aromatic carbocycles. The molecule has 22 heavy (non-hydrogen) atoms. The molecule has 2 heterocycles. The summed E-state index contributed by atoms with van der Waals surface area (Å²) in [5, 5.41) is 4.49. The minimum absolute atomic E-state index is 0.163. The number of carbonyl (C=O) groups is 1. The van der Waals surface area contributed by atoms with Gasteiger partial charge in [0, 0.05) is 30.6 Å². The molecule has 120 valence electrons. The number of hydrogen-bond donors (Lipinski definition) is 1. The zero-order chi connectivity index (χ0) is 15.9. The van der Waals surface area contributed by atoms with Gasteiger partial charge in [-0.3, -0.25) is 4.79 Å². The molecule has 8 heteroatoms. The molecule has 1 N–H and O–H groups in total. The number of hydrazone groups is 1. The van der Waals surface area contributed by atoms with Crippen molar-refractivity contribution >= 4 is 29.2 Å². The van der Waals surface area contributed by atoms with Crippen molar-refractivity contribution in [2.45, 2.75) is 25.9 Å². The second-order valence-electron chi connectivity index (χ2n) is 5.13. The van der Waals surface area contributed by atoms with Gasteiger partial charge in [0.1, 0.15) is 5.82 Å². The number of aryl methyl sites for hydroxylation is 1. The summed E-state index contributed by atoms with van der Waals surface area (Å²) >= 11 is 1.31. The van der Waals surface area contributed by atoms with E-state index in [4.69, 9.17) is 4.74 Å². The highest BCUT2D eigenvalue weighted by Crippen LogP contribution is 2.19. The van der Waals surface area contributed by atoms with Crippen LogP contribution in [0.15, 0.2) is 16.3 Å². The van der Waals surface area contributed by atoms with Crippen LogP contribution in [-0.4, -0.2) is 53.6 Å². The standard InChI is InChI=1S/C14H21N5O2S/c1-10(2)17-18-13(20)9-22-14-15-11(3)8-12(16-14)19-4-6-21-7-5-19/h8H,4-7,9H2,1-3H3,(H,18,20). The van der Waals surface area contributed by atoms with Gasteiger partial charge in [-0.15, -0.1) is 0 Å². The monoisotopic (exact) mass is 323 g/mol. The minimum Gasteiger partial charge on any atom is -0.378 e. The molecule has 1 aliphatic heterocycles. The maximum atomic E-state index is 11.7. The van der Waals surface area contributed by atoms with Crippen molar-refractivity contribution in [3.05, 3.63) is 11.8 Å². The van der Waals surface area contributed by atoms with E-state index < -0.39 is 0 Å². The predicted octanol–water partition coefficient (Wildman–Crippen LogP) is 1.23. The van der Waals surface area contributed by atoms with Gasteiger partial charge in [0.05, 0.1) is 19.0 Å². The van der Waals surface area contributed by atoms with E-state index in [1.807, 2.05) is 26.8 Å². The van der Waals surface area contributed by atoms with Crippen LogP contribution >= 0.6 is 11.8 Å². The lowest BCUT2D eigenvalue weighted by atomic mass is 10.3. The van der Waals surface area contributed by atoms with Crippen LogP contribution in [0.25, 0.3) is 0 Å². The maximum absolute atomic E-state index is 11.7. The first-order chi connectivity index (χ1) is 10.5. The Balaban J connectivity index is 1.97. The van der Waals surface area contributed by atoms with Crippen molar-refractivity contribution in [2.75, 3.05) is 37.0 Å². The fourth-order valence-electron chi connectivity index (χ4n) is 1.88. The molecule has 0 unspecified atom stereocenters. The normalized spacial score (nSPS) is 14.6.